The van der Waals surface area contributed by atoms with E-state index in [0.29, 0.717) is 11.5 Å². The molecule has 30 heavy (non-hydrogen) atoms. The van der Waals surface area contributed by atoms with Gasteiger partial charge in [0, 0.05) is 14.1 Å². The third-order valence-electron chi connectivity index (χ3n) is 4.52. The summed E-state index contributed by atoms with van der Waals surface area (Å²) in [6, 6.07) is 7.22. The molecular formula is C18H17N5O6S. The number of hydrogen-bond donors (Lipinski definition) is 1. The molecule has 0 aliphatic carbocycles. The Morgan fingerprint density at radius 1 is 1.20 bits per heavy atom. The first-order valence-corrected chi connectivity index (χ1v) is 9.78. The lowest BCUT2D eigenvalue weighted by Crippen LogP contribution is -2.41. The molecule has 3 aromatic rings. The van der Waals surface area contributed by atoms with E-state index in [4.69, 9.17) is 19.6 Å². The van der Waals surface area contributed by atoms with Crippen LogP contribution >= 0.6 is 11.8 Å². The fourth-order valence-corrected chi connectivity index (χ4v) is 3.51. The quantitative estimate of drug-likeness (QED) is 0.449. The topological polar surface area (TPSA) is 144 Å². The summed E-state index contributed by atoms with van der Waals surface area (Å²) in [5.74, 6) is 0.481. The number of nitrogen functional groups attached to an aromatic ring is 1. The van der Waals surface area contributed by atoms with E-state index in [9.17, 15) is 14.4 Å². The minimum absolute atomic E-state index is 0.126. The lowest BCUT2D eigenvalue weighted by Gasteiger charge is -2.23. The first kappa shape index (κ1) is 19.8. The third kappa shape index (κ3) is 3.45. The Morgan fingerprint density at radius 3 is 2.70 bits per heavy atom. The van der Waals surface area contributed by atoms with Crippen molar-refractivity contribution in [3.8, 4) is 11.5 Å². The molecular weight excluding hydrogens is 414 g/mol. The van der Waals surface area contributed by atoms with Gasteiger partial charge in [-0.3, -0.25) is 18.7 Å². The molecule has 156 valence electrons. The number of Topliss-reactive ketones (excluding diaryl/α,β-unsaturated/α-hetero) is 1. The predicted octanol–water partition coefficient (Wildman–Crippen LogP) is 0.537. The lowest BCUT2D eigenvalue weighted by molar-refractivity contribution is 0.0686. The second-order valence-electron chi connectivity index (χ2n) is 6.45. The number of nitrogens with two attached hydrogens (primary N) is 1. The van der Waals surface area contributed by atoms with Crippen LogP contribution in [0.15, 0.2) is 43.5 Å². The fourth-order valence-electron chi connectivity index (χ4n) is 2.87. The number of rotatable bonds is 5. The summed E-state index contributed by atoms with van der Waals surface area (Å²) in [4.78, 5) is 36.7. The van der Waals surface area contributed by atoms with E-state index in [1.54, 1.807) is 12.1 Å². The van der Waals surface area contributed by atoms with Crippen molar-refractivity contribution in [3.63, 3.8) is 0 Å². The number of anilines is 1. The van der Waals surface area contributed by atoms with E-state index in [1.165, 1.54) is 14.1 Å². The zero-order valence-electron chi connectivity index (χ0n) is 16.0. The van der Waals surface area contributed by atoms with Crippen LogP contribution in [-0.2, 0) is 14.1 Å². The van der Waals surface area contributed by atoms with Gasteiger partial charge in [0.2, 0.25) is 6.10 Å². The number of para-hydroxylation sites is 2. The van der Waals surface area contributed by atoms with Crippen LogP contribution in [0.5, 0.6) is 11.5 Å². The maximum Gasteiger partial charge on any atom is 0.332 e. The van der Waals surface area contributed by atoms with Crippen molar-refractivity contribution in [2.24, 2.45) is 14.1 Å². The van der Waals surface area contributed by atoms with Crippen LogP contribution in [0.25, 0.3) is 0 Å². The first-order valence-electron chi connectivity index (χ1n) is 8.80. The van der Waals surface area contributed by atoms with Gasteiger partial charge in [-0.25, -0.2) is 4.79 Å². The molecule has 11 nitrogen and oxygen atoms in total. The molecule has 1 aromatic carbocycles. The van der Waals surface area contributed by atoms with Gasteiger partial charge in [-0.15, -0.1) is 10.2 Å². The molecule has 0 fully saturated rings. The van der Waals surface area contributed by atoms with Crippen LogP contribution in [0.4, 0.5) is 5.82 Å². The molecule has 0 saturated heterocycles. The van der Waals surface area contributed by atoms with Crippen LogP contribution in [0.1, 0.15) is 22.4 Å². The SMILES string of the molecule is Cn1c(N)c(C(=O)CSc2nnc(C3COc4ccccc4O3)o2)c(=O)n(C)c1=O. The molecule has 1 unspecified atom stereocenters. The maximum atomic E-state index is 12.6. The predicted molar refractivity (Wildman–Crippen MR) is 106 cm³/mol. The second kappa shape index (κ2) is 7.71. The van der Waals surface area contributed by atoms with E-state index < -0.39 is 23.1 Å². The minimum atomic E-state index is -0.751. The number of benzene rings is 1. The number of fused-ring (bicyclic) bond motifs is 1. The van der Waals surface area contributed by atoms with Gasteiger partial charge >= 0.3 is 5.69 Å². The van der Waals surface area contributed by atoms with Crippen molar-refractivity contribution in [3.05, 3.63) is 56.6 Å². The van der Waals surface area contributed by atoms with Crippen molar-refractivity contribution < 1.29 is 18.7 Å². The number of carbonyl (C=O) groups excluding carboxylic acids is 1. The number of aromatic nitrogens is 4. The fraction of sp³-hybridized carbons (Fsp3) is 0.278. The van der Waals surface area contributed by atoms with E-state index in [-0.39, 0.29) is 34.9 Å². The smallest absolute Gasteiger partial charge is 0.332 e. The molecule has 0 spiro atoms. The first-order chi connectivity index (χ1) is 14.4. The van der Waals surface area contributed by atoms with Gasteiger partial charge in [0.05, 0.1) is 5.75 Å². The van der Waals surface area contributed by atoms with Gasteiger partial charge in [0.25, 0.3) is 16.7 Å². The van der Waals surface area contributed by atoms with Crippen LogP contribution in [0.3, 0.4) is 0 Å². The van der Waals surface area contributed by atoms with Gasteiger partial charge in [-0.1, -0.05) is 23.9 Å². The standard InChI is InChI=1S/C18H17N5O6S/c1-22-14(19)13(16(25)23(2)18(22)26)9(24)8-30-17-21-20-15(29-17)12-7-27-10-5-3-4-6-11(10)28-12/h3-6,12H,7-8,19H2,1-2H3. The molecule has 4 rings (SSSR count). The van der Waals surface area contributed by atoms with Crippen molar-refractivity contribution >= 4 is 23.4 Å². The molecule has 2 N–H and O–H groups in total. The van der Waals surface area contributed by atoms with Gasteiger partial charge in [0.1, 0.15) is 18.0 Å². The minimum Gasteiger partial charge on any atom is -0.485 e. The largest absolute Gasteiger partial charge is 0.485 e. The lowest BCUT2D eigenvalue weighted by atomic mass is 10.2. The Balaban J connectivity index is 1.47. The Bertz CT molecular complexity index is 1250. The zero-order chi connectivity index (χ0) is 21.4. The van der Waals surface area contributed by atoms with Crippen molar-refractivity contribution in [1.82, 2.24) is 19.3 Å². The summed E-state index contributed by atoms with van der Waals surface area (Å²) < 4.78 is 18.9. The highest BCUT2D eigenvalue weighted by molar-refractivity contribution is 7.99. The summed E-state index contributed by atoms with van der Waals surface area (Å²) in [5, 5.41) is 7.97. The van der Waals surface area contributed by atoms with E-state index >= 15 is 0 Å². The average molecular weight is 431 g/mol. The molecule has 1 atom stereocenters. The molecule has 0 radical (unpaired) electrons. The molecule has 0 saturated carbocycles. The number of hydrogen-bond acceptors (Lipinski definition) is 10. The van der Waals surface area contributed by atoms with E-state index in [0.717, 1.165) is 20.9 Å². The molecule has 0 bridgehead atoms. The van der Waals surface area contributed by atoms with E-state index in [2.05, 4.69) is 10.2 Å². The molecule has 2 aromatic heterocycles. The normalized spacial score (nSPS) is 15.2. The van der Waals surface area contributed by atoms with Crippen LogP contribution in [0, 0.1) is 0 Å². The number of carbonyl (C=O) groups is 1. The van der Waals surface area contributed by atoms with Gasteiger partial charge < -0.3 is 19.6 Å². The molecule has 12 heteroatoms. The van der Waals surface area contributed by atoms with Crippen molar-refractivity contribution in [1.29, 1.82) is 0 Å². The highest BCUT2D eigenvalue weighted by Gasteiger charge is 2.28. The Hall–Kier alpha value is -3.54. The van der Waals surface area contributed by atoms with Gasteiger partial charge in [-0.05, 0) is 12.1 Å². The number of ketones is 1. The van der Waals surface area contributed by atoms with E-state index in [1.807, 2.05) is 12.1 Å². The third-order valence-corrected chi connectivity index (χ3v) is 5.34. The molecule has 1 aliphatic heterocycles. The Kier molecular flexibility index (Phi) is 5.08. The highest BCUT2D eigenvalue weighted by atomic mass is 32.2. The zero-order valence-corrected chi connectivity index (χ0v) is 16.8. The van der Waals surface area contributed by atoms with Crippen molar-refractivity contribution in [2.45, 2.75) is 11.3 Å². The summed E-state index contributed by atoms with van der Waals surface area (Å²) in [5.41, 5.74) is 4.18. The highest BCUT2D eigenvalue weighted by Crippen LogP contribution is 2.35. The Morgan fingerprint density at radius 2 is 1.93 bits per heavy atom. The number of thioether (sulfide) groups is 1. The summed E-state index contributed by atoms with van der Waals surface area (Å²) >= 11 is 0.950. The van der Waals surface area contributed by atoms with Crippen LogP contribution in [0.2, 0.25) is 0 Å². The van der Waals surface area contributed by atoms with Crippen LogP contribution in [-0.4, -0.2) is 37.5 Å². The monoisotopic (exact) mass is 431 g/mol. The van der Waals surface area contributed by atoms with Crippen molar-refractivity contribution in [2.75, 3.05) is 18.1 Å². The molecule has 3 heterocycles. The number of ether oxygens (including phenoxy) is 2. The van der Waals surface area contributed by atoms with Gasteiger partial charge in [0.15, 0.2) is 17.3 Å². The summed E-state index contributed by atoms with van der Waals surface area (Å²) in [6.07, 6.45) is -0.580. The molecule has 1 aliphatic rings. The summed E-state index contributed by atoms with van der Waals surface area (Å²) in [7, 11) is 2.67. The van der Waals surface area contributed by atoms with Crippen LogP contribution < -0.4 is 26.5 Å². The Labute approximate surface area is 173 Å². The summed E-state index contributed by atoms with van der Waals surface area (Å²) in [6.45, 7) is 0.201. The average Bonchev–Trinajstić information content (AvgIpc) is 3.24. The second-order valence-corrected chi connectivity index (χ2v) is 7.37. The maximum absolute atomic E-state index is 12.6. The number of nitrogens with zero attached hydrogens (tertiary/aromatic N) is 4. The van der Waals surface area contributed by atoms with Gasteiger partial charge in [-0.2, -0.15) is 0 Å². The molecule has 0 amide bonds.